The van der Waals surface area contributed by atoms with Crippen molar-refractivity contribution in [1.29, 1.82) is 0 Å². The third-order valence-corrected chi connectivity index (χ3v) is 2.61. The fourth-order valence-electron chi connectivity index (χ4n) is 1.66. The molecule has 0 fully saturated rings. The minimum absolute atomic E-state index is 0.286. The number of aliphatic imine (C=N–C) groups is 1. The molecule has 0 bridgehead atoms. The minimum Gasteiger partial charge on any atom is -0.496 e. The number of nitrogens with two attached hydrogens (primary N) is 1. The summed E-state index contributed by atoms with van der Waals surface area (Å²) in [7, 11) is 3.22. The summed E-state index contributed by atoms with van der Waals surface area (Å²) < 4.78 is 16.0. The lowest BCUT2D eigenvalue weighted by atomic mass is 10.3. The second-order valence-electron chi connectivity index (χ2n) is 4.82. The molecule has 21 heavy (non-hydrogen) atoms. The van der Waals surface area contributed by atoms with Crippen LogP contribution in [0.2, 0.25) is 0 Å². The molecule has 118 valence electrons. The first-order chi connectivity index (χ1) is 10.0. The van der Waals surface area contributed by atoms with Gasteiger partial charge in [0.2, 0.25) is 0 Å². The molecular formula is C15H25N3O3. The highest BCUT2D eigenvalue weighted by Gasteiger charge is 2.02. The van der Waals surface area contributed by atoms with Crippen LogP contribution in [0.3, 0.4) is 0 Å². The summed E-state index contributed by atoms with van der Waals surface area (Å²) in [4.78, 5) is 4.22. The average molecular weight is 295 g/mol. The molecule has 0 aliphatic heterocycles. The molecule has 6 nitrogen and oxygen atoms in total. The van der Waals surface area contributed by atoms with Crippen LogP contribution in [-0.4, -0.2) is 39.4 Å². The molecule has 0 aliphatic rings. The van der Waals surface area contributed by atoms with Crippen LogP contribution in [0.15, 0.2) is 23.2 Å². The maximum absolute atomic E-state index is 5.71. The molecule has 6 heteroatoms. The average Bonchev–Trinajstić information content (AvgIpc) is 2.45. The van der Waals surface area contributed by atoms with Crippen LogP contribution in [0.1, 0.15) is 20.3 Å². The van der Waals surface area contributed by atoms with E-state index in [0.29, 0.717) is 36.4 Å². The summed E-state index contributed by atoms with van der Waals surface area (Å²) >= 11 is 0. The maximum Gasteiger partial charge on any atom is 0.188 e. The Kier molecular flexibility index (Phi) is 7.21. The van der Waals surface area contributed by atoms with Crippen molar-refractivity contribution in [1.82, 2.24) is 5.32 Å². The molecule has 1 aromatic carbocycles. The van der Waals surface area contributed by atoms with E-state index in [1.807, 2.05) is 26.0 Å². The van der Waals surface area contributed by atoms with Gasteiger partial charge in [-0.25, -0.2) is 0 Å². The lowest BCUT2D eigenvalue weighted by Gasteiger charge is -2.10. The first kappa shape index (κ1) is 16.9. The Labute approximate surface area is 126 Å². The third kappa shape index (κ3) is 6.74. The summed E-state index contributed by atoms with van der Waals surface area (Å²) in [6.45, 7) is 5.20. The van der Waals surface area contributed by atoms with Crippen molar-refractivity contribution < 1.29 is 14.2 Å². The zero-order valence-electron chi connectivity index (χ0n) is 13.2. The normalized spacial score (nSPS) is 11.4. The molecule has 0 radical (unpaired) electrons. The van der Waals surface area contributed by atoms with Crippen molar-refractivity contribution in [3.63, 3.8) is 0 Å². The highest BCUT2D eigenvalue weighted by Crippen LogP contribution is 2.27. The predicted octanol–water partition coefficient (Wildman–Crippen LogP) is 1.79. The number of hydrogen-bond acceptors (Lipinski definition) is 4. The van der Waals surface area contributed by atoms with Crippen LogP contribution < -0.4 is 25.3 Å². The number of methoxy groups -OCH3 is 2. The van der Waals surface area contributed by atoms with Crippen LogP contribution in [0, 0.1) is 0 Å². The van der Waals surface area contributed by atoms with Crippen molar-refractivity contribution >= 4 is 5.96 Å². The van der Waals surface area contributed by atoms with Crippen molar-refractivity contribution in [2.24, 2.45) is 10.7 Å². The van der Waals surface area contributed by atoms with Crippen LogP contribution in [0.4, 0.5) is 0 Å². The van der Waals surface area contributed by atoms with Gasteiger partial charge in [-0.05, 0) is 13.8 Å². The summed E-state index contributed by atoms with van der Waals surface area (Å²) in [6, 6.07) is 5.73. The zero-order valence-corrected chi connectivity index (χ0v) is 13.2. The topological polar surface area (TPSA) is 78.1 Å². The van der Waals surface area contributed by atoms with Gasteiger partial charge in [-0.3, -0.25) is 4.99 Å². The Hall–Kier alpha value is -2.11. The first-order valence-electron chi connectivity index (χ1n) is 6.97. The van der Waals surface area contributed by atoms with Crippen LogP contribution in [0.5, 0.6) is 17.2 Å². The van der Waals surface area contributed by atoms with E-state index in [-0.39, 0.29) is 6.04 Å². The Morgan fingerprint density at radius 2 is 1.71 bits per heavy atom. The van der Waals surface area contributed by atoms with E-state index in [2.05, 4.69) is 10.3 Å². The van der Waals surface area contributed by atoms with E-state index < -0.39 is 0 Å². The number of nitrogens with zero attached hydrogens (tertiary/aromatic N) is 1. The summed E-state index contributed by atoms with van der Waals surface area (Å²) in [5.41, 5.74) is 5.71. The van der Waals surface area contributed by atoms with Crippen LogP contribution in [-0.2, 0) is 0 Å². The monoisotopic (exact) mass is 295 g/mol. The van der Waals surface area contributed by atoms with Crippen molar-refractivity contribution in [3.8, 4) is 17.2 Å². The molecule has 0 amide bonds. The predicted molar refractivity (Wildman–Crippen MR) is 84.4 cm³/mol. The van der Waals surface area contributed by atoms with Crippen LogP contribution in [0.25, 0.3) is 0 Å². The smallest absolute Gasteiger partial charge is 0.188 e. The summed E-state index contributed by atoms with van der Waals surface area (Å²) in [5, 5.41) is 3.04. The maximum atomic E-state index is 5.71. The molecule has 0 saturated heterocycles. The van der Waals surface area contributed by atoms with E-state index >= 15 is 0 Å². The lowest BCUT2D eigenvalue weighted by molar-refractivity contribution is 0.307. The standard InChI is InChI=1S/C15H25N3O3/c1-11(2)18-15(16)17-6-5-7-21-14-9-12(19-3)8-13(10-14)20-4/h8-11H,5-7H2,1-4H3,(H3,16,17,18). The molecule has 0 aliphatic carbocycles. The first-order valence-corrected chi connectivity index (χ1v) is 6.97. The Morgan fingerprint density at radius 3 is 2.24 bits per heavy atom. The summed E-state index contributed by atoms with van der Waals surface area (Å²) in [6.07, 6.45) is 0.778. The quantitative estimate of drug-likeness (QED) is 0.434. The van der Waals surface area contributed by atoms with E-state index in [1.165, 1.54) is 0 Å². The molecular weight excluding hydrogens is 270 g/mol. The Bertz CT molecular complexity index is 439. The van der Waals surface area contributed by atoms with Crippen molar-refractivity contribution in [2.75, 3.05) is 27.4 Å². The number of ether oxygens (including phenoxy) is 3. The van der Waals surface area contributed by atoms with Gasteiger partial charge < -0.3 is 25.3 Å². The number of nitrogens with one attached hydrogen (secondary N) is 1. The van der Waals surface area contributed by atoms with Crippen LogP contribution >= 0.6 is 0 Å². The number of guanidine groups is 1. The molecule has 0 heterocycles. The van der Waals surface area contributed by atoms with E-state index in [9.17, 15) is 0 Å². The van der Waals surface area contributed by atoms with Crippen molar-refractivity contribution in [3.05, 3.63) is 18.2 Å². The van der Waals surface area contributed by atoms with Gasteiger partial charge in [0.05, 0.1) is 20.8 Å². The molecule has 1 aromatic rings. The van der Waals surface area contributed by atoms with Crippen molar-refractivity contribution in [2.45, 2.75) is 26.3 Å². The van der Waals surface area contributed by atoms with Gasteiger partial charge in [0.25, 0.3) is 0 Å². The Balaban J connectivity index is 2.39. The van der Waals surface area contributed by atoms with Gasteiger partial charge in [0, 0.05) is 37.2 Å². The molecule has 0 atom stereocenters. The molecule has 0 saturated carbocycles. The second-order valence-corrected chi connectivity index (χ2v) is 4.82. The van der Waals surface area contributed by atoms with E-state index in [1.54, 1.807) is 20.3 Å². The number of rotatable bonds is 8. The van der Waals surface area contributed by atoms with Gasteiger partial charge in [-0.2, -0.15) is 0 Å². The van der Waals surface area contributed by atoms with Gasteiger partial charge in [0.1, 0.15) is 17.2 Å². The van der Waals surface area contributed by atoms with E-state index in [4.69, 9.17) is 19.9 Å². The number of hydrogen-bond donors (Lipinski definition) is 2. The third-order valence-electron chi connectivity index (χ3n) is 2.61. The fourth-order valence-corrected chi connectivity index (χ4v) is 1.66. The van der Waals surface area contributed by atoms with Gasteiger partial charge in [0.15, 0.2) is 5.96 Å². The zero-order chi connectivity index (χ0) is 15.7. The molecule has 0 spiro atoms. The van der Waals surface area contributed by atoms with E-state index in [0.717, 1.165) is 6.42 Å². The highest BCUT2D eigenvalue weighted by atomic mass is 16.5. The van der Waals surface area contributed by atoms with Gasteiger partial charge in [-0.15, -0.1) is 0 Å². The lowest BCUT2D eigenvalue weighted by Crippen LogP contribution is -2.36. The Morgan fingerprint density at radius 1 is 1.14 bits per heavy atom. The summed E-state index contributed by atoms with van der Waals surface area (Å²) in [5.74, 6) is 2.58. The minimum atomic E-state index is 0.286. The molecule has 1 rings (SSSR count). The highest BCUT2D eigenvalue weighted by molar-refractivity contribution is 5.78. The second kappa shape index (κ2) is 8.94. The van der Waals surface area contributed by atoms with Gasteiger partial charge in [-0.1, -0.05) is 0 Å². The fraction of sp³-hybridized carbons (Fsp3) is 0.533. The molecule has 0 aromatic heterocycles. The van der Waals surface area contributed by atoms with Gasteiger partial charge >= 0.3 is 0 Å². The SMILES string of the molecule is COc1cc(OC)cc(OCCCN=C(N)NC(C)C)c1. The molecule has 3 N–H and O–H groups in total. The largest absolute Gasteiger partial charge is 0.496 e. The number of benzene rings is 1. The molecule has 0 unspecified atom stereocenters.